The maximum Gasteiger partial charge on any atom is 0.253 e. The Bertz CT molecular complexity index is 460. The third-order valence-corrected chi connectivity index (χ3v) is 3.12. The second kappa shape index (κ2) is 6.54. The summed E-state index contributed by atoms with van der Waals surface area (Å²) in [5.74, 6) is -0.449. The minimum absolute atomic E-state index is 0.186. The highest BCUT2D eigenvalue weighted by Crippen LogP contribution is 2.18. The van der Waals surface area contributed by atoms with Gasteiger partial charge in [0.2, 0.25) is 5.91 Å². The predicted molar refractivity (Wildman–Crippen MR) is 74.5 cm³/mol. The van der Waals surface area contributed by atoms with Crippen molar-refractivity contribution in [3.8, 4) is 0 Å². The van der Waals surface area contributed by atoms with Crippen LogP contribution in [0.4, 0.5) is 0 Å². The summed E-state index contributed by atoms with van der Waals surface area (Å²) in [6.07, 6.45) is 0. The maximum atomic E-state index is 12.0. The average Bonchev–Trinajstić information content (AvgIpc) is 2.28. The van der Waals surface area contributed by atoms with Crippen molar-refractivity contribution in [1.82, 2.24) is 10.6 Å². The summed E-state index contributed by atoms with van der Waals surface area (Å²) in [4.78, 5) is 23.5. The molecule has 2 N–H and O–H groups in total. The van der Waals surface area contributed by atoms with Gasteiger partial charge in [-0.25, -0.2) is 0 Å². The van der Waals surface area contributed by atoms with E-state index in [1.54, 1.807) is 13.0 Å². The molecule has 0 aliphatic heterocycles. The molecule has 98 valence electrons. The Hall–Kier alpha value is -1.36. The fraction of sp³-hybridized carbons (Fsp3) is 0.385. The van der Waals surface area contributed by atoms with Crippen LogP contribution in [0.5, 0.6) is 0 Å². The predicted octanol–water partition coefficient (Wildman–Crippen LogP) is 2.01. The van der Waals surface area contributed by atoms with E-state index in [1.165, 1.54) is 0 Å². The van der Waals surface area contributed by atoms with Gasteiger partial charge in [-0.05, 0) is 54.4 Å². The number of amides is 2. The highest BCUT2D eigenvalue weighted by Gasteiger charge is 2.17. The number of hydrogen-bond donors (Lipinski definition) is 2. The number of halogens is 1. The number of nitrogens with one attached hydrogen (secondary N) is 2. The summed E-state index contributed by atoms with van der Waals surface area (Å²) >= 11 is 3.34. The maximum absolute atomic E-state index is 12.0. The molecule has 0 bridgehead atoms. The highest BCUT2D eigenvalue weighted by molar-refractivity contribution is 9.10. The van der Waals surface area contributed by atoms with Gasteiger partial charge in [-0.15, -0.1) is 0 Å². The normalized spacial score (nSPS) is 11.8. The monoisotopic (exact) mass is 312 g/mol. The number of hydrogen-bond acceptors (Lipinski definition) is 2. The lowest BCUT2D eigenvalue weighted by molar-refractivity contribution is -0.122. The van der Waals surface area contributed by atoms with Crippen LogP contribution in [-0.2, 0) is 4.79 Å². The molecule has 18 heavy (non-hydrogen) atoms. The van der Waals surface area contributed by atoms with Crippen LogP contribution in [0.25, 0.3) is 0 Å². The van der Waals surface area contributed by atoms with Gasteiger partial charge in [0.15, 0.2) is 0 Å². The van der Waals surface area contributed by atoms with E-state index in [-0.39, 0.29) is 11.8 Å². The summed E-state index contributed by atoms with van der Waals surface area (Å²) in [6.45, 7) is 5.99. The van der Waals surface area contributed by atoms with Crippen molar-refractivity contribution in [2.75, 3.05) is 6.54 Å². The summed E-state index contributed by atoms with van der Waals surface area (Å²) in [6, 6.07) is 4.91. The summed E-state index contributed by atoms with van der Waals surface area (Å²) < 4.78 is 0.725. The lowest BCUT2D eigenvalue weighted by Gasteiger charge is -2.14. The number of likely N-dealkylation sites (N-methyl/N-ethyl adjacent to an activating group) is 1. The Morgan fingerprint density at radius 3 is 2.61 bits per heavy atom. The zero-order chi connectivity index (χ0) is 13.7. The van der Waals surface area contributed by atoms with Crippen LogP contribution in [0.15, 0.2) is 22.7 Å². The molecule has 0 saturated carbocycles. The topological polar surface area (TPSA) is 58.2 Å². The highest BCUT2D eigenvalue weighted by atomic mass is 79.9. The van der Waals surface area contributed by atoms with Crippen LogP contribution in [0.1, 0.15) is 29.8 Å². The number of rotatable bonds is 4. The van der Waals surface area contributed by atoms with E-state index in [0.717, 1.165) is 10.0 Å². The van der Waals surface area contributed by atoms with Crippen molar-refractivity contribution in [2.24, 2.45) is 0 Å². The molecule has 0 aliphatic rings. The third kappa shape index (κ3) is 3.84. The molecule has 0 aromatic heterocycles. The first-order chi connectivity index (χ1) is 8.45. The first-order valence-electron chi connectivity index (χ1n) is 5.80. The van der Waals surface area contributed by atoms with E-state index in [0.29, 0.717) is 12.1 Å². The zero-order valence-electron chi connectivity index (χ0n) is 10.7. The minimum atomic E-state index is -0.550. The minimum Gasteiger partial charge on any atom is -0.355 e. The van der Waals surface area contributed by atoms with Gasteiger partial charge in [-0.1, -0.05) is 6.07 Å². The van der Waals surface area contributed by atoms with E-state index in [2.05, 4.69) is 26.6 Å². The molecule has 1 aromatic rings. The molecule has 0 spiro atoms. The van der Waals surface area contributed by atoms with E-state index in [1.807, 2.05) is 26.0 Å². The Morgan fingerprint density at radius 1 is 1.39 bits per heavy atom. The largest absolute Gasteiger partial charge is 0.355 e. The van der Waals surface area contributed by atoms with Gasteiger partial charge in [-0.3, -0.25) is 9.59 Å². The molecular weight excluding hydrogens is 296 g/mol. The van der Waals surface area contributed by atoms with Crippen molar-refractivity contribution in [3.63, 3.8) is 0 Å². The zero-order valence-corrected chi connectivity index (χ0v) is 12.3. The summed E-state index contributed by atoms with van der Waals surface area (Å²) in [5, 5.41) is 5.32. The van der Waals surface area contributed by atoms with Gasteiger partial charge in [0.25, 0.3) is 5.91 Å². The number of carbonyl (C=O) groups is 2. The lowest BCUT2D eigenvalue weighted by Crippen LogP contribution is -2.44. The number of carbonyl (C=O) groups excluding carboxylic acids is 2. The molecule has 1 rings (SSSR count). The van der Waals surface area contributed by atoms with Gasteiger partial charge >= 0.3 is 0 Å². The Labute approximate surface area is 115 Å². The van der Waals surface area contributed by atoms with Crippen molar-refractivity contribution in [2.45, 2.75) is 26.8 Å². The molecule has 0 fully saturated rings. The quantitative estimate of drug-likeness (QED) is 0.893. The van der Waals surface area contributed by atoms with Crippen molar-refractivity contribution in [1.29, 1.82) is 0 Å². The van der Waals surface area contributed by atoms with Crippen LogP contribution in [0.3, 0.4) is 0 Å². The standard InChI is InChI=1S/C13H17BrN2O2/c1-4-15-12(17)9(3)16-13(18)10-6-5-8(2)7-11(10)14/h5-7,9H,4H2,1-3H3,(H,15,17)(H,16,18). The van der Waals surface area contributed by atoms with Crippen molar-refractivity contribution in [3.05, 3.63) is 33.8 Å². The molecule has 0 aliphatic carbocycles. The molecule has 0 heterocycles. The first kappa shape index (κ1) is 14.7. The molecule has 1 atom stereocenters. The fourth-order valence-electron chi connectivity index (χ4n) is 1.47. The van der Waals surface area contributed by atoms with Crippen LogP contribution < -0.4 is 10.6 Å². The smallest absolute Gasteiger partial charge is 0.253 e. The Balaban J connectivity index is 2.73. The number of benzene rings is 1. The van der Waals surface area contributed by atoms with Gasteiger partial charge in [0, 0.05) is 11.0 Å². The third-order valence-electron chi connectivity index (χ3n) is 2.46. The summed E-state index contributed by atoms with van der Waals surface area (Å²) in [7, 11) is 0. The van der Waals surface area contributed by atoms with E-state index in [9.17, 15) is 9.59 Å². The van der Waals surface area contributed by atoms with E-state index >= 15 is 0 Å². The van der Waals surface area contributed by atoms with Crippen LogP contribution in [-0.4, -0.2) is 24.4 Å². The van der Waals surface area contributed by atoms with Crippen LogP contribution >= 0.6 is 15.9 Å². The second-order valence-electron chi connectivity index (χ2n) is 4.07. The molecule has 1 aromatic carbocycles. The van der Waals surface area contributed by atoms with E-state index in [4.69, 9.17) is 0 Å². The molecule has 0 saturated heterocycles. The van der Waals surface area contributed by atoms with E-state index < -0.39 is 6.04 Å². The van der Waals surface area contributed by atoms with Crippen molar-refractivity contribution >= 4 is 27.7 Å². The van der Waals surface area contributed by atoms with Crippen molar-refractivity contribution < 1.29 is 9.59 Å². The van der Waals surface area contributed by atoms with Gasteiger partial charge in [-0.2, -0.15) is 0 Å². The van der Waals surface area contributed by atoms with Crippen LogP contribution in [0.2, 0.25) is 0 Å². The molecule has 0 radical (unpaired) electrons. The number of aryl methyl sites for hydroxylation is 1. The molecule has 2 amide bonds. The van der Waals surface area contributed by atoms with Crippen LogP contribution in [0, 0.1) is 6.92 Å². The Kier molecular flexibility index (Phi) is 5.34. The van der Waals surface area contributed by atoms with Gasteiger partial charge in [0.05, 0.1) is 5.56 Å². The second-order valence-corrected chi connectivity index (χ2v) is 4.93. The fourth-order valence-corrected chi connectivity index (χ4v) is 2.14. The summed E-state index contributed by atoms with van der Waals surface area (Å²) in [5.41, 5.74) is 1.59. The molecule has 1 unspecified atom stereocenters. The Morgan fingerprint density at radius 2 is 2.06 bits per heavy atom. The van der Waals surface area contributed by atoms with Gasteiger partial charge < -0.3 is 10.6 Å². The first-order valence-corrected chi connectivity index (χ1v) is 6.59. The lowest BCUT2D eigenvalue weighted by atomic mass is 10.1. The van der Waals surface area contributed by atoms with Gasteiger partial charge in [0.1, 0.15) is 6.04 Å². The molecule has 4 nitrogen and oxygen atoms in total. The molecule has 5 heteroatoms. The molecular formula is C13H17BrN2O2. The SMILES string of the molecule is CCNC(=O)C(C)NC(=O)c1ccc(C)cc1Br. The average molecular weight is 313 g/mol.